The fourth-order valence-electron chi connectivity index (χ4n) is 1.30. The molecule has 0 radical (unpaired) electrons. The van der Waals surface area contributed by atoms with Gasteiger partial charge < -0.3 is 0 Å². The van der Waals surface area contributed by atoms with E-state index in [2.05, 4.69) is 4.18 Å². The predicted molar refractivity (Wildman–Crippen MR) is 60.1 cm³/mol. The van der Waals surface area contributed by atoms with Gasteiger partial charge in [-0.1, -0.05) is 18.2 Å². The highest BCUT2D eigenvalue weighted by atomic mass is 32.2. The van der Waals surface area contributed by atoms with Crippen LogP contribution >= 0.6 is 0 Å². The van der Waals surface area contributed by atoms with Gasteiger partial charge in [0.05, 0.1) is 11.5 Å². The quantitative estimate of drug-likeness (QED) is 0.579. The third-order valence-electron chi connectivity index (χ3n) is 2.50. The highest BCUT2D eigenvalue weighted by Gasteiger charge is 2.72. The Morgan fingerprint density at radius 3 is 1.86 bits per heavy atom. The van der Waals surface area contributed by atoms with Crippen molar-refractivity contribution in [2.45, 2.75) is 29.3 Å². The molecular weight excluding hydrogens is 345 g/mol. The van der Waals surface area contributed by atoms with Gasteiger partial charge in [-0.2, -0.15) is 39.2 Å². The Hall–Kier alpha value is -1.36. The summed E-state index contributed by atoms with van der Waals surface area (Å²) in [6, 6.07) is 6.08. The Balaban J connectivity index is 2.75. The molecule has 1 rings (SSSR count). The minimum absolute atomic E-state index is 0.444. The Morgan fingerprint density at radius 2 is 1.41 bits per heavy atom. The fourth-order valence-corrected chi connectivity index (χ4v) is 2.23. The zero-order valence-electron chi connectivity index (χ0n) is 10.6. The van der Waals surface area contributed by atoms with Crippen LogP contribution in [0.25, 0.3) is 0 Å². The van der Waals surface area contributed by atoms with Crippen LogP contribution in [0.3, 0.4) is 0 Å². The summed E-state index contributed by atoms with van der Waals surface area (Å²) < 4.78 is 114. The van der Waals surface area contributed by atoms with Gasteiger partial charge in [0, 0.05) is 6.42 Å². The van der Waals surface area contributed by atoms with Gasteiger partial charge in [-0.3, -0.25) is 4.18 Å². The van der Waals surface area contributed by atoms with Crippen LogP contribution in [0.15, 0.2) is 35.2 Å². The maximum absolute atomic E-state index is 12.9. The molecule has 1 aromatic rings. The average molecular weight is 354 g/mol. The smallest absolute Gasteiger partial charge is 0.266 e. The van der Waals surface area contributed by atoms with Gasteiger partial charge >= 0.3 is 18.0 Å². The van der Waals surface area contributed by atoms with Crippen LogP contribution < -0.4 is 0 Å². The molecule has 0 aliphatic carbocycles. The Labute approximate surface area is 120 Å². The summed E-state index contributed by atoms with van der Waals surface area (Å²) >= 11 is 0. The van der Waals surface area contributed by atoms with Crippen molar-refractivity contribution in [1.29, 1.82) is 0 Å². The molecule has 3 nitrogen and oxygen atoms in total. The monoisotopic (exact) mass is 354 g/mol. The van der Waals surface area contributed by atoms with E-state index < -0.39 is 46.1 Å². The van der Waals surface area contributed by atoms with Crippen LogP contribution in [0, 0.1) is 0 Å². The molecule has 11 heteroatoms. The normalized spacial score (nSPS) is 14.1. The molecule has 1 aromatic carbocycles. The fraction of sp³-hybridized carbons (Fsp3) is 0.455. The molecule has 0 aliphatic rings. The van der Waals surface area contributed by atoms with Gasteiger partial charge in [0.1, 0.15) is 0 Å². The molecular formula is C11H9F7O3S. The lowest BCUT2D eigenvalue weighted by atomic mass is 10.1. The van der Waals surface area contributed by atoms with E-state index in [1.165, 1.54) is 18.2 Å². The molecule has 0 bridgehead atoms. The number of benzene rings is 1. The van der Waals surface area contributed by atoms with E-state index in [9.17, 15) is 39.2 Å². The summed E-state index contributed by atoms with van der Waals surface area (Å²) in [6.45, 7) is -1.53. The van der Waals surface area contributed by atoms with Gasteiger partial charge in [0.15, 0.2) is 0 Å². The average Bonchev–Trinajstić information content (AvgIpc) is 2.37. The summed E-state index contributed by atoms with van der Waals surface area (Å²) in [6.07, 6.45) is -8.58. The maximum atomic E-state index is 12.9. The van der Waals surface area contributed by atoms with Gasteiger partial charge in [-0.15, -0.1) is 0 Å². The Morgan fingerprint density at radius 1 is 0.909 bits per heavy atom. The molecule has 0 N–H and O–H groups in total. The van der Waals surface area contributed by atoms with Gasteiger partial charge in [-0.05, 0) is 12.1 Å². The third-order valence-corrected chi connectivity index (χ3v) is 3.83. The first-order chi connectivity index (χ1) is 9.81. The first-order valence-electron chi connectivity index (χ1n) is 5.58. The van der Waals surface area contributed by atoms with Crippen molar-refractivity contribution in [2.24, 2.45) is 0 Å². The first kappa shape index (κ1) is 18.7. The van der Waals surface area contributed by atoms with E-state index in [0.29, 0.717) is 0 Å². The molecule has 0 atom stereocenters. The highest BCUT2D eigenvalue weighted by Crippen LogP contribution is 2.47. The topological polar surface area (TPSA) is 43.4 Å². The van der Waals surface area contributed by atoms with E-state index >= 15 is 0 Å². The second-order valence-corrected chi connectivity index (χ2v) is 5.73. The minimum atomic E-state index is -6.46. The van der Waals surface area contributed by atoms with Crippen molar-refractivity contribution in [3.05, 3.63) is 30.3 Å². The van der Waals surface area contributed by atoms with Crippen LogP contribution in [-0.4, -0.2) is 33.0 Å². The Bertz CT molecular complexity index is 596. The number of hydrogen-bond acceptors (Lipinski definition) is 3. The summed E-state index contributed by atoms with van der Waals surface area (Å²) in [5.74, 6) is -11.8. The van der Waals surface area contributed by atoms with E-state index in [4.69, 9.17) is 0 Å². The molecule has 22 heavy (non-hydrogen) atoms. The van der Waals surface area contributed by atoms with Crippen molar-refractivity contribution in [3.8, 4) is 0 Å². The lowest BCUT2D eigenvalue weighted by molar-refractivity contribution is -0.356. The molecule has 0 saturated heterocycles. The number of rotatable bonds is 6. The number of halogens is 7. The molecule has 0 heterocycles. The standard InChI is InChI=1S/C11H9F7O3S/c12-9(13,10(14,15)11(16,17)18)6-7-21-22(19,20)8-4-2-1-3-5-8/h1-5H,6-7H2. The van der Waals surface area contributed by atoms with Crippen molar-refractivity contribution < 1.29 is 43.3 Å². The Kier molecular flexibility index (Phi) is 5.12. The van der Waals surface area contributed by atoms with E-state index in [1.807, 2.05) is 0 Å². The van der Waals surface area contributed by atoms with Crippen LogP contribution in [0.4, 0.5) is 30.7 Å². The van der Waals surface area contributed by atoms with Gasteiger partial charge in [-0.25, -0.2) is 0 Å². The van der Waals surface area contributed by atoms with Gasteiger partial charge in [0.25, 0.3) is 10.1 Å². The van der Waals surface area contributed by atoms with Crippen molar-refractivity contribution in [3.63, 3.8) is 0 Å². The van der Waals surface area contributed by atoms with Crippen molar-refractivity contribution in [2.75, 3.05) is 6.61 Å². The maximum Gasteiger partial charge on any atom is 0.459 e. The van der Waals surface area contributed by atoms with Gasteiger partial charge in [0.2, 0.25) is 0 Å². The van der Waals surface area contributed by atoms with Crippen LogP contribution in [-0.2, 0) is 14.3 Å². The second kappa shape index (κ2) is 6.03. The van der Waals surface area contributed by atoms with E-state index in [-0.39, 0.29) is 0 Å². The first-order valence-corrected chi connectivity index (χ1v) is 6.99. The molecule has 0 amide bonds. The lowest BCUT2D eigenvalue weighted by Gasteiger charge is -2.27. The van der Waals surface area contributed by atoms with Crippen LogP contribution in [0.2, 0.25) is 0 Å². The lowest BCUT2D eigenvalue weighted by Crippen LogP contribution is -2.52. The summed E-state index contributed by atoms with van der Waals surface area (Å²) in [5.41, 5.74) is 0. The predicted octanol–water partition coefficient (Wildman–Crippen LogP) is 3.61. The van der Waals surface area contributed by atoms with Crippen LogP contribution in [0.1, 0.15) is 6.42 Å². The van der Waals surface area contributed by atoms with Crippen molar-refractivity contribution in [1.82, 2.24) is 0 Å². The molecule has 0 spiro atoms. The largest absolute Gasteiger partial charge is 0.459 e. The molecule has 126 valence electrons. The number of alkyl halides is 7. The van der Waals surface area contributed by atoms with E-state index in [1.54, 1.807) is 0 Å². The SMILES string of the molecule is O=S(=O)(OCCC(F)(F)C(F)(F)C(F)(F)F)c1ccccc1. The molecule has 0 unspecified atom stereocenters. The summed E-state index contributed by atoms with van der Waals surface area (Å²) in [7, 11) is -4.52. The molecule has 0 aromatic heterocycles. The molecule has 0 saturated carbocycles. The highest BCUT2D eigenvalue weighted by molar-refractivity contribution is 7.86. The summed E-state index contributed by atoms with van der Waals surface area (Å²) in [5, 5.41) is 0. The third kappa shape index (κ3) is 3.88. The molecule has 0 aliphatic heterocycles. The van der Waals surface area contributed by atoms with Crippen molar-refractivity contribution >= 4 is 10.1 Å². The van der Waals surface area contributed by atoms with E-state index in [0.717, 1.165) is 12.1 Å². The minimum Gasteiger partial charge on any atom is -0.266 e. The van der Waals surface area contributed by atoms with Crippen LogP contribution in [0.5, 0.6) is 0 Å². The number of hydrogen-bond donors (Lipinski definition) is 0. The zero-order chi connectivity index (χ0) is 17.2. The second-order valence-electron chi connectivity index (χ2n) is 4.12. The zero-order valence-corrected chi connectivity index (χ0v) is 11.4. The molecule has 0 fully saturated rings. The summed E-state index contributed by atoms with van der Waals surface area (Å²) in [4.78, 5) is -0.444.